The summed E-state index contributed by atoms with van der Waals surface area (Å²) in [5, 5.41) is 7.00. The van der Waals surface area contributed by atoms with Crippen LogP contribution in [0.3, 0.4) is 0 Å². The van der Waals surface area contributed by atoms with Crippen LogP contribution in [0.4, 0.5) is 0 Å². The molecule has 0 atom stereocenters. The van der Waals surface area contributed by atoms with Crippen molar-refractivity contribution in [1.29, 1.82) is 0 Å². The monoisotopic (exact) mass is 316 g/mol. The van der Waals surface area contributed by atoms with Gasteiger partial charge in [-0.15, -0.1) is 24.8 Å². The number of benzene rings is 2. The van der Waals surface area contributed by atoms with Gasteiger partial charge in [0.1, 0.15) is 0 Å². The molecule has 0 fully saturated rings. The summed E-state index contributed by atoms with van der Waals surface area (Å²) in [6.45, 7) is 7.34. The van der Waals surface area contributed by atoms with Crippen molar-refractivity contribution >= 4 is 11.6 Å². The molecule has 0 amide bonds. The highest BCUT2D eigenvalue weighted by atomic mass is 35.5. The van der Waals surface area contributed by atoms with Gasteiger partial charge in [-0.25, -0.2) is 0 Å². The molecule has 0 heterocycles. The Balaban J connectivity index is 0.000000366. The van der Waals surface area contributed by atoms with Crippen LogP contribution in [0, 0.1) is 0 Å². The molecule has 1 nitrogen and oxygen atoms in total. The van der Waals surface area contributed by atoms with Crippen molar-refractivity contribution in [3.63, 3.8) is 0 Å². The van der Waals surface area contributed by atoms with Crippen LogP contribution in [0.2, 0.25) is 0 Å². The Hall–Kier alpha value is -1.83. The Labute approximate surface area is 139 Å². The molecule has 2 aromatic carbocycles. The molecule has 0 saturated heterocycles. The normalized spacial score (nSPS) is 8.68. The van der Waals surface area contributed by atoms with Gasteiger partial charge < -0.3 is 5.11 Å². The molecule has 2 aromatic rings. The summed E-state index contributed by atoms with van der Waals surface area (Å²) in [4.78, 5) is 0. The second-order valence-electron chi connectivity index (χ2n) is 4.37. The standard InChI is InChI=1S/C10H11Cl.C9H10.CH4O/c1-2-5-9-6-3-4-7-10(9)8-11;1-2-6-9-7-4-3-5-8-9;1-2/h2-4,6-7H,1,5,8H2;2-5,7-8H,1,6H2;2H,1H3. The highest BCUT2D eigenvalue weighted by Gasteiger charge is 1.96. The lowest BCUT2D eigenvalue weighted by molar-refractivity contribution is 0.399. The molecule has 1 N–H and O–H groups in total. The van der Waals surface area contributed by atoms with Crippen molar-refractivity contribution in [3.05, 3.63) is 96.6 Å². The second-order valence-corrected chi connectivity index (χ2v) is 4.64. The van der Waals surface area contributed by atoms with Gasteiger partial charge in [0.25, 0.3) is 0 Å². The number of aliphatic hydroxyl groups excluding tert-OH is 1. The molecule has 0 aliphatic rings. The van der Waals surface area contributed by atoms with Crippen molar-refractivity contribution in [2.24, 2.45) is 0 Å². The summed E-state index contributed by atoms with van der Waals surface area (Å²) < 4.78 is 0. The third-order valence-corrected chi connectivity index (χ3v) is 3.14. The van der Waals surface area contributed by atoms with Crippen molar-refractivity contribution in [2.45, 2.75) is 18.7 Å². The summed E-state index contributed by atoms with van der Waals surface area (Å²) in [5.41, 5.74) is 3.80. The predicted octanol–water partition coefficient (Wildman–Crippen LogP) is 5.18. The lowest BCUT2D eigenvalue weighted by Crippen LogP contribution is -1.87. The van der Waals surface area contributed by atoms with Gasteiger partial charge in [-0.05, 0) is 29.5 Å². The summed E-state index contributed by atoms with van der Waals surface area (Å²) >= 11 is 5.73. The van der Waals surface area contributed by atoms with Gasteiger partial charge >= 0.3 is 0 Å². The molecule has 0 spiro atoms. The smallest absolute Gasteiger partial charge is 0.0476 e. The van der Waals surface area contributed by atoms with Crippen LogP contribution in [0.5, 0.6) is 0 Å². The van der Waals surface area contributed by atoms with Crippen molar-refractivity contribution in [1.82, 2.24) is 0 Å². The van der Waals surface area contributed by atoms with Crippen LogP contribution in [0.25, 0.3) is 0 Å². The Morgan fingerprint density at radius 1 is 0.818 bits per heavy atom. The van der Waals surface area contributed by atoms with E-state index in [9.17, 15) is 0 Å². The van der Waals surface area contributed by atoms with Crippen LogP contribution in [-0.2, 0) is 18.7 Å². The highest BCUT2D eigenvalue weighted by Crippen LogP contribution is 2.11. The van der Waals surface area contributed by atoms with Crippen LogP contribution in [0.1, 0.15) is 16.7 Å². The first-order valence-electron chi connectivity index (χ1n) is 7.15. The third-order valence-electron chi connectivity index (χ3n) is 2.85. The first-order valence-corrected chi connectivity index (χ1v) is 7.68. The SMILES string of the molecule is C=CCc1ccccc1.C=CCc1ccccc1CCl.CO. The fraction of sp³-hybridized carbons (Fsp3) is 0.200. The topological polar surface area (TPSA) is 20.2 Å². The van der Waals surface area contributed by atoms with E-state index < -0.39 is 0 Å². The third kappa shape index (κ3) is 8.46. The maximum absolute atomic E-state index is 7.00. The average Bonchev–Trinajstić information content (AvgIpc) is 2.59. The van der Waals surface area contributed by atoms with E-state index in [1.54, 1.807) is 0 Å². The lowest BCUT2D eigenvalue weighted by Gasteiger charge is -2.02. The minimum absolute atomic E-state index is 0.587. The van der Waals surface area contributed by atoms with Gasteiger partial charge in [-0.1, -0.05) is 66.7 Å². The Morgan fingerprint density at radius 2 is 1.32 bits per heavy atom. The molecule has 118 valence electrons. The van der Waals surface area contributed by atoms with Gasteiger partial charge in [0.05, 0.1) is 0 Å². The predicted molar refractivity (Wildman–Crippen MR) is 98.4 cm³/mol. The van der Waals surface area contributed by atoms with Crippen LogP contribution in [0.15, 0.2) is 79.9 Å². The van der Waals surface area contributed by atoms with Crippen LogP contribution in [-0.4, -0.2) is 12.2 Å². The van der Waals surface area contributed by atoms with E-state index in [2.05, 4.69) is 31.4 Å². The zero-order chi connectivity index (χ0) is 16.6. The lowest BCUT2D eigenvalue weighted by atomic mass is 10.1. The van der Waals surface area contributed by atoms with E-state index in [0.29, 0.717) is 5.88 Å². The molecular formula is C20H25ClO. The maximum Gasteiger partial charge on any atom is 0.0476 e. The summed E-state index contributed by atoms with van der Waals surface area (Å²) in [6, 6.07) is 18.5. The Morgan fingerprint density at radius 3 is 1.82 bits per heavy atom. The van der Waals surface area contributed by atoms with Crippen LogP contribution < -0.4 is 0 Å². The van der Waals surface area contributed by atoms with E-state index in [-0.39, 0.29) is 0 Å². The number of hydrogen-bond acceptors (Lipinski definition) is 1. The van der Waals surface area contributed by atoms with Crippen molar-refractivity contribution in [2.75, 3.05) is 7.11 Å². The van der Waals surface area contributed by atoms with Gasteiger partial charge in [-0.3, -0.25) is 0 Å². The zero-order valence-corrected chi connectivity index (χ0v) is 14.0. The quantitative estimate of drug-likeness (QED) is 0.595. The molecule has 0 aromatic heterocycles. The molecule has 0 unspecified atom stereocenters. The molecule has 0 radical (unpaired) electrons. The largest absolute Gasteiger partial charge is 0.400 e. The van der Waals surface area contributed by atoms with E-state index >= 15 is 0 Å². The number of allylic oxidation sites excluding steroid dienone is 2. The molecule has 2 rings (SSSR count). The van der Waals surface area contributed by atoms with Gasteiger partial charge in [0.15, 0.2) is 0 Å². The zero-order valence-electron chi connectivity index (χ0n) is 13.2. The molecular weight excluding hydrogens is 292 g/mol. The number of halogens is 1. The average molecular weight is 317 g/mol. The van der Waals surface area contributed by atoms with E-state index in [4.69, 9.17) is 16.7 Å². The number of hydrogen-bond donors (Lipinski definition) is 1. The molecule has 0 bridgehead atoms. The molecule has 0 saturated carbocycles. The van der Waals surface area contributed by atoms with E-state index in [1.807, 2.05) is 48.6 Å². The van der Waals surface area contributed by atoms with E-state index in [1.165, 1.54) is 16.7 Å². The van der Waals surface area contributed by atoms with Gasteiger partial charge in [0, 0.05) is 13.0 Å². The Bertz CT molecular complexity index is 520. The minimum Gasteiger partial charge on any atom is -0.400 e. The Kier molecular flexibility index (Phi) is 12.9. The fourth-order valence-electron chi connectivity index (χ4n) is 1.82. The highest BCUT2D eigenvalue weighted by molar-refractivity contribution is 6.17. The summed E-state index contributed by atoms with van der Waals surface area (Å²) in [5.74, 6) is 0.587. The van der Waals surface area contributed by atoms with Gasteiger partial charge in [-0.2, -0.15) is 0 Å². The van der Waals surface area contributed by atoms with Gasteiger partial charge in [0.2, 0.25) is 0 Å². The first-order chi connectivity index (χ1) is 10.8. The van der Waals surface area contributed by atoms with Crippen molar-refractivity contribution < 1.29 is 5.11 Å². The minimum atomic E-state index is 0.587. The summed E-state index contributed by atoms with van der Waals surface area (Å²) in [7, 11) is 1.00. The fourth-order valence-corrected chi connectivity index (χ4v) is 2.08. The molecule has 0 aliphatic carbocycles. The molecule has 2 heteroatoms. The first kappa shape index (κ1) is 20.2. The second kappa shape index (κ2) is 14.1. The molecule has 0 aliphatic heterocycles. The summed E-state index contributed by atoms with van der Waals surface area (Å²) in [6.07, 6.45) is 5.68. The number of rotatable bonds is 5. The van der Waals surface area contributed by atoms with Crippen molar-refractivity contribution in [3.8, 4) is 0 Å². The van der Waals surface area contributed by atoms with Crippen LogP contribution >= 0.6 is 11.6 Å². The maximum atomic E-state index is 7.00. The van der Waals surface area contributed by atoms with E-state index in [0.717, 1.165) is 20.0 Å². The number of alkyl halides is 1. The number of aliphatic hydroxyl groups is 1. The molecule has 22 heavy (non-hydrogen) atoms.